The van der Waals surface area contributed by atoms with E-state index >= 15 is 0 Å². The fourth-order valence-electron chi connectivity index (χ4n) is 8.34. The lowest BCUT2D eigenvalue weighted by molar-refractivity contribution is -0.205. The van der Waals surface area contributed by atoms with E-state index in [1.54, 1.807) is 80.9 Å². The number of imidazole rings is 1. The van der Waals surface area contributed by atoms with Crippen LogP contribution < -0.4 is 10.6 Å². The van der Waals surface area contributed by atoms with Gasteiger partial charge in [0.25, 0.3) is 5.91 Å². The average molecular weight is 821 g/mol. The van der Waals surface area contributed by atoms with E-state index in [0.29, 0.717) is 35.4 Å². The summed E-state index contributed by atoms with van der Waals surface area (Å²) < 4.78 is 3.81. The fraction of sp³-hybridized carbons (Fsp3) is 0.261. The number of piperazine rings is 1. The molecule has 6 aromatic rings. The minimum absolute atomic E-state index is 0.0646. The zero-order chi connectivity index (χ0) is 42.6. The first-order chi connectivity index (χ1) is 29.6. The standard InChI is InChI=1S/C46H48N10O5/c1-4-22-54-30-43(59)55-38(24-32-13-17-35(57)18-14-32)46(61)53(29-41(55)56(54)42(58)20-15-31-9-6-5-7-10-31)27-33-11-8-12-36-37(28-52(3)44(33)36)45(60)50-34-16-19-39(48-25-34)49-26-40-47-21-23-51(40)2/h4-14,16-19,21,23,25,28,38,41,57H,1,15,20,22,24,26-27,29-30H2,2-3H3,(H,48,49)(H,50,60). The van der Waals surface area contributed by atoms with Crippen LogP contribution in [0.25, 0.3) is 10.9 Å². The third-order valence-electron chi connectivity index (χ3n) is 11.3. The molecule has 312 valence electrons. The smallest absolute Gasteiger partial charge is 0.257 e. The van der Waals surface area contributed by atoms with Crippen molar-refractivity contribution in [2.24, 2.45) is 14.1 Å². The molecule has 3 N–H and O–H groups in total. The summed E-state index contributed by atoms with van der Waals surface area (Å²) in [4.78, 5) is 69.0. The number of hydrogen-bond acceptors (Lipinski definition) is 9. The van der Waals surface area contributed by atoms with Crippen molar-refractivity contribution in [3.63, 3.8) is 0 Å². The number of aromatic nitrogens is 4. The molecule has 0 bridgehead atoms. The predicted molar refractivity (Wildman–Crippen MR) is 231 cm³/mol. The van der Waals surface area contributed by atoms with Crippen molar-refractivity contribution in [1.82, 2.24) is 38.9 Å². The lowest BCUT2D eigenvalue weighted by Gasteiger charge is -2.55. The third-order valence-corrected chi connectivity index (χ3v) is 11.3. The Hall–Kier alpha value is -7.26. The van der Waals surface area contributed by atoms with Gasteiger partial charge < -0.3 is 34.7 Å². The number of phenolic OH excluding ortho intramolecular Hbond substituents is 1. The van der Waals surface area contributed by atoms with Gasteiger partial charge >= 0.3 is 0 Å². The lowest BCUT2D eigenvalue weighted by atomic mass is 9.97. The third kappa shape index (κ3) is 8.59. The van der Waals surface area contributed by atoms with Gasteiger partial charge in [-0.15, -0.1) is 6.58 Å². The Balaban J connectivity index is 1.07. The summed E-state index contributed by atoms with van der Waals surface area (Å²) >= 11 is 0. The Morgan fingerprint density at radius 1 is 0.934 bits per heavy atom. The van der Waals surface area contributed by atoms with Crippen LogP contribution >= 0.6 is 0 Å². The number of anilines is 2. The molecule has 2 fully saturated rings. The number of phenols is 1. The van der Waals surface area contributed by atoms with E-state index in [1.807, 2.05) is 78.0 Å². The minimum atomic E-state index is -0.926. The number of para-hydroxylation sites is 1. The Labute approximate surface area is 353 Å². The molecule has 4 amide bonds. The van der Waals surface area contributed by atoms with Crippen LogP contribution in [0.3, 0.4) is 0 Å². The molecule has 0 spiro atoms. The molecule has 5 heterocycles. The lowest BCUT2D eigenvalue weighted by Crippen LogP contribution is -2.75. The Morgan fingerprint density at radius 3 is 2.46 bits per heavy atom. The highest BCUT2D eigenvalue weighted by Gasteiger charge is 2.51. The van der Waals surface area contributed by atoms with Crippen molar-refractivity contribution >= 4 is 46.0 Å². The van der Waals surface area contributed by atoms with E-state index in [9.17, 15) is 24.3 Å². The zero-order valence-corrected chi connectivity index (χ0v) is 34.1. The van der Waals surface area contributed by atoms with Gasteiger partial charge in [0.1, 0.15) is 29.6 Å². The Bertz CT molecular complexity index is 2570. The number of benzene rings is 3. The number of rotatable bonds is 14. The number of hydrogen-bond donors (Lipinski definition) is 3. The van der Waals surface area contributed by atoms with Crippen LogP contribution in [0.1, 0.15) is 39.3 Å². The summed E-state index contributed by atoms with van der Waals surface area (Å²) in [5.74, 6) is 0.581. The molecule has 0 aliphatic carbocycles. The summed E-state index contributed by atoms with van der Waals surface area (Å²) in [5, 5.41) is 20.3. The van der Waals surface area contributed by atoms with E-state index in [0.717, 1.165) is 28.0 Å². The summed E-state index contributed by atoms with van der Waals surface area (Å²) in [6.45, 7) is 4.79. The second-order valence-corrected chi connectivity index (χ2v) is 15.4. The van der Waals surface area contributed by atoms with E-state index < -0.39 is 12.2 Å². The zero-order valence-electron chi connectivity index (χ0n) is 34.1. The second kappa shape index (κ2) is 17.5. The number of hydrazine groups is 1. The number of aryl methyl sites for hydroxylation is 3. The van der Waals surface area contributed by atoms with Gasteiger partial charge in [-0.1, -0.05) is 66.7 Å². The minimum Gasteiger partial charge on any atom is -0.508 e. The van der Waals surface area contributed by atoms with E-state index in [2.05, 4.69) is 27.2 Å². The summed E-state index contributed by atoms with van der Waals surface area (Å²) in [7, 11) is 3.78. The van der Waals surface area contributed by atoms with Crippen LogP contribution in [0.4, 0.5) is 11.5 Å². The topological polar surface area (TPSA) is 161 Å². The molecule has 61 heavy (non-hydrogen) atoms. The molecule has 8 rings (SSSR count). The molecular weight excluding hydrogens is 773 g/mol. The number of amides is 4. The molecule has 3 aromatic heterocycles. The Kier molecular flexibility index (Phi) is 11.6. The normalized spacial score (nSPS) is 16.8. The maximum absolute atomic E-state index is 14.7. The molecule has 2 aliphatic rings. The molecule has 2 aliphatic heterocycles. The van der Waals surface area contributed by atoms with Crippen LogP contribution in [0, 0.1) is 0 Å². The number of nitrogens with one attached hydrogen (secondary N) is 2. The number of carbonyl (C=O) groups is 4. The molecule has 0 radical (unpaired) electrons. The summed E-state index contributed by atoms with van der Waals surface area (Å²) in [5.41, 5.74) is 4.32. The van der Waals surface area contributed by atoms with Gasteiger partial charge in [0.15, 0.2) is 0 Å². The first kappa shape index (κ1) is 40.5. The highest BCUT2D eigenvalue weighted by molar-refractivity contribution is 6.13. The number of fused-ring (bicyclic) bond motifs is 2. The van der Waals surface area contributed by atoms with Crippen molar-refractivity contribution in [1.29, 1.82) is 0 Å². The average Bonchev–Trinajstić information content (AvgIpc) is 3.84. The molecule has 15 heteroatoms. The summed E-state index contributed by atoms with van der Waals surface area (Å²) in [6.07, 6.45) is 8.74. The summed E-state index contributed by atoms with van der Waals surface area (Å²) in [6, 6.07) is 24.7. The quantitative estimate of drug-likeness (QED) is 0.130. The Morgan fingerprint density at radius 2 is 1.74 bits per heavy atom. The van der Waals surface area contributed by atoms with Crippen LogP contribution in [-0.2, 0) is 54.4 Å². The van der Waals surface area contributed by atoms with Gasteiger partial charge in [-0.05, 0) is 47.4 Å². The molecule has 15 nitrogen and oxygen atoms in total. The van der Waals surface area contributed by atoms with Crippen molar-refractivity contribution in [2.45, 2.75) is 44.6 Å². The van der Waals surface area contributed by atoms with E-state index in [1.165, 1.54) is 0 Å². The SMILES string of the molecule is C=CCN1CC(=O)N2C(Cc3ccc(O)cc3)C(=O)N(Cc3cccc4c(C(=O)Nc5ccc(NCc6nccn6C)nc5)cn(C)c34)CC2N1C(=O)CCc1ccccc1. The second-order valence-electron chi connectivity index (χ2n) is 15.4. The number of carbonyl (C=O) groups excluding carboxylic acids is 4. The molecule has 0 saturated carbocycles. The van der Waals surface area contributed by atoms with Crippen molar-refractivity contribution < 1.29 is 24.3 Å². The maximum Gasteiger partial charge on any atom is 0.257 e. The monoisotopic (exact) mass is 820 g/mol. The molecule has 3 aromatic carbocycles. The predicted octanol–water partition coefficient (Wildman–Crippen LogP) is 4.86. The van der Waals surface area contributed by atoms with Gasteiger partial charge in [0, 0.05) is 64.0 Å². The molecule has 2 atom stereocenters. The van der Waals surface area contributed by atoms with Gasteiger partial charge in [0.05, 0.1) is 42.6 Å². The number of pyridine rings is 1. The van der Waals surface area contributed by atoms with Crippen molar-refractivity contribution in [3.8, 4) is 5.75 Å². The van der Waals surface area contributed by atoms with Crippen molar-refractivity contribution in [2.75, 3.05) is 30.3 Å². The highest BCUT2D eigenvalue weighted by atomic mass is 16.3. The fourth-order valence-corrected chi connectivity index (χ4v) is 8.34. The van der Waals surface area contributed by atoms with Crippen LogP contribution in [0.15, 0.2) is 122 Å². The van der Waals surface area contributed by atoms with E-state index in [4.69, 9.17) is 0 Å². The molecule has 2 saturated heterocycles. The highest BCUT2D eigenvalue weighted by Crippen LogP contribution is 2.32. The maximum atomic E-state index is 14.7. The van der Waals surface area contributed by atoms with Gasteiger partial charge in [0.2, 0.25) is 17.7 Å². The van der Waals surface area contributed by atoms with Crippen LogP contribution in [0.2, 0.25) is 0 Å². The van der Waals surface area contributed by atoms with Crippen molar-refractivity contribution in [3.05, 3.63) is 150 Å². The largest absolute Gasteiger partial charge is 0.508 e. The van der Waals surface area contributed by atoms with Crippen LogP contribution in [-0.4, -0.2) is 99.5 Å². The van der Waals surface area contributed by atoms with E-state index in [-0.39, 0.29) is 68.4 Å². The van der Waals surface area contributed by atoms with Gasteiger partial charge in [-0.25, -0.2) is 20.0 Å². The first-order valence-corrected chi connectivity index (χ1v) is 20.2. The van der Waals surface area contributed by atoms with Gasteiger partial charge in [-0.2, -0.15) is 0 Å². The molecular formula is C46H48N10O5. The van der Waals surface area contributed by atoms with Gasteiger partial charge in [-0.3, -0.25) is 19.2 Å². The number of aromatic hydroxyl groups is 1. The first-order valence-electron chi connectivity index (χ1n) is 20.2. The number of nitrogens with zero attached hydrogens (tertiary/aromatic N) is 8. The molecule has 2 unspecified atom stereocenters. The van der Waals surface area contributed by atoms with Crippen LogP contribution in [0.5, 0.6) is 5.75 Å².